The minimum Gasteiger partial charge on any atom is -0.456 e. The zero-order valence-corrected chi connectivity index (χ0v) is 15.3. The van der Waals surface area contributed by atoms with Crippen molar-refractivity contribution >= 4 is 11.9 Å². The van der Waals surface area contributed by atoms with Crippen LogP contribution >= 0.6 is 0 Å². The molecule has 0 spiro atoms. The van der Waals surface area contributed by atoms with E-state index in [4.69, 9.17) is 4.74 Å². The van der Waals surface area contributed by atoms with Crippen LogP contribution in [0.25, 0.3) is 0 Å². The number of aromatic nitrogens is 1. The average Bonchev–Trinajstić information content (AvgIpc) is 2.59. The first-order chi connectivity index (χ1) is 11.7. The maximum absolute atomic E-state index is 12.5. The Kier molecular flexibility index (Phi) is 5.57. The molecule has 0 radical (unpaired) electrons. The molecule has 2 aromatic rings. The highest BCUT2D eigenvalue weighted by atomic mass is 16.6. The third-order valence-corrected chi connectivity index (χ3v) is 3.68. The summed E-state index contributed by atoms with van der Waals surface area (Å²) in [5.41, 5.74) is 1.61. The molecule has 1 aromatic heterocycles. The summed E-state index contributed by atoms with van der Waals surface area (Å²) in [4.78, 5) is 29.0. The van der Waals surface area contributed by atoms with Crippen molar-refractivity contribution in [3.05, 3.63) is 65.0 Å². The summed E-state index contributed by atoms with van der Waals surface area (Å²) in [6.45, 7) is 7.40. The van der Waals surface area contributed by atoms with Gasteiger partial charge in [-0.1, -0.05) is 37.3 Å². The fourth-order valence-corrected chi connectivity index (χ4v) is 2.39. The molecule has 1 N–H and O–H groups in total. The van der Waals surface area contributed by atoms with Crippen molar-refractivity contribution in [2.75, 3.05) is 7.05 Å². The van der Waals surface area contributed by atoms with Crippen LogP contribution in [0.3, 0.4) is 0 Å². The third-order valence-electron chi connectivity index (χ3n) is 3.68. The van der Waals surface area contributed by atoms with Crippen LogP contribution in [0.5, 0.6) is 0 Å². The van der Waals surface area contributed by atoms with Gasteiger partial charge >= 0.3 is 5.97 Å². The van der Waals surface area contributed by atoms with E-state index >= 15 is 0 Å². The van der Waals surface area contributed by atoms with Crippen LogP contribution in [0, 0.1) is 0 Å². The second kappa shape index (κ2) is 7.47. The SMILES string of the molecule is CNC(=O)c1cc(C(=O)OC(C)(C)C)cc(C(C)c2ccccc2)n1. The summed E-state index contributed by atoms with van der Waals surface area (Å²) >= 11 is 0. The predicted molar refractivity (Wildman–Crippen MR) is 96.8 cm³/mol. The molecule has 25 heavy (non-hydrogen) atoms. The van der Waals surface area contributed by atoms with E-state index in [1.165, 1.54) is 13.1 Å². The van der Waals surface area contributed by atoms with Gasteiger partial charge in [0.05, 0.1) is 5.56 Å². The van der Waals surface area contributed by atoms with Gasteiger partial charge in [0.2, 0.25) is 0 Å². The Morgan fingerprint density at radius 3 is 2.32 bits per heavy atom. The number of esters is 1. The van der Waals surface area contributed by atoms with Gasteiger partial charge in [0, 0.05) is 18.7 Å². The monoisotopic (exact) mass is 340 g/mol. The molecule has 0 fully saturated rings. The Bertz CT molecular complexity index is 764. The Morgan fingerprint density at radius 1 is 1.12 bits per heavy atom. The van der Waals surface area contributed by atoms with Crippen molar-refractivity contribution in [2.45, 2.75) is 39.2 Å². The summed E-state index contributed by atoms with van der Waals surface area (Å²) < 4.78 is 5.43. The minimum absolute atomic E-state index is 0.0630. The number of benzene rings is 1. The summed E-state index contributed by atoms with van der Waals surface area (Å²) in [6.07, 6.45) is 0. The fraction of sp³-hybridized carbons (Fsp3) is 0.350. The molecular formula is C20H24N2O3. The lowest BCUT2D eigenvalue weighted by atomic mass is 9.96. The number of carbonyl (C=O) groups excluding carboxylic acids is 2. The Hall–Kier alpha value is -2.69. The quantitative estimate of drug-likeness (QED) is 0.864. The first-order valence-electron chi connectivity index (χ1n) is 8.23. The number of hydrogen-bond acceptors (Lipinski definition) is 4. The molecule has 1 amide bonds. The van der Waals surface area contributed by atoms with E-state index in [0.29, 0.717) is 11.3 Å². The fourth-order valence-electron chi connectivity index (χ4n) is 2.39. The van der Waals surface area contributed by atoms with E-state index in [9.17, 15) is 9.59 Å². The second-order valence-electron chi connectivity index (χ2n) is 6.88. The summed E-state index contributed by atoms with van der Waals surface area (Å²) in [7, 11) is 1.53. The highest BCUT2D eigenvalue weighted by Crippen LogP contribution is 2.24. The van der Waals surface area contributed by atoms with Crippen LogP contribution in [-0.2, 0) is 4.74 Å². The highest BCUT2D eigenvalue weighted by Gasteiger charge is 2.22. The largest absolute Gasteiger partial charge is 0.456 e. The van der Waals surface area contributed by atoms with Crippen molar-refractivity contribution in [1.29, 1.82) is 0 Å². The molecule has 1 heterocycles. The molecule has 1 unspecified atom stereocenters. The van der Waals surface area contributed by atoms with Crippen molar-refractivity contribution < 1.29 is 14.3 Å². The van der Waals surface area contributed by atoms with Gasteiger partial charge in [-0.15, -0.1) is 0 Å². The molecular weight excluding hydrogens is 316 g/mol. The summed E-state index contributed by atoms with van der Waals surface area (Å²) in [6, 6.07) is 13.0. The highest BCUT2D eigenvalue weighted by molar-refractivity contribution is 5.96. The Morgan fingerprint density at radius 2 is 1.76 bits per heavy atom. The van der Waals surface area contributed by atoms with E-state index in [0.717, 1.165) is 5.56 Å². The molecule has 0 aliphatic rings. The Balaban J connectivity index is 2.47. The lowest BCUT2D eigenvalue weighted by molar-refractivity contribution is 0.00692. The van der Waals surface area contributed by atoms with Gasteiger partial charge in [0.1, 0.15) is 11.3 Å². The zero-order valence-electron chi connectivity index (χ0n) is 15.3. The van der Waals surface area contributed by atoms with Crippen molar-refractivity contribution in [3.8, 4) is 0 Å². The van der Waals surface area contributed by atoms with E-state index in [2.05, 4.69) is 10.3 Å². The summed E-state index contributed by atoms with van der Waals surface area (Å²) in [5, 5.41) is 2.55. The number of hydrogen-bond donors (Lipinski definition) is 1. The maximum Gasteiger partial charge on any atom is 0.338 e. The van der Waals surface area contributed by atoms with E-state index in [1.54, 1.807) is 26.8 Å². The van der Waals surface area contributed by atoms with Gasteiger partial charge in [0.25, 0.3) is 5.91 Å². The van der Waals surface area contributed by atoms with Crippen LogP contribution in [0.4, 0.5) is 0 Å². The number of nitrogens with zero attached hydrogens (tertiary/aromatic N) is 1. The number of amides is 1. The van der Waals surface area contributed by atoms with Crippen molar-refractivity contribution in [3.63, 3.8) is 0 Å². The first kappa shape index (κ1) is 18.6. The number of carbonyl (C=O) groups is 2. The molecule has 132 valence electrons. The normalized spacial score (nSPS) is 12.4. The van der Waals surface area contributed by atoms with Gasteiger partial charge < -0.3 is 10.1 Å². The lowest BCUT2D eigenvalue weighted by Crippen LogP contribution is -2.25. The molecule has 1 aromatic carbocycles. The Labute approximate surface area is 148 Å². The van der Waals surface area contributed by atoms with Crippen molar-refractivity contribution in [1.82, 2.24) is 10.3 Å². The van der Waals surface area contributed by atoms with Crippen LogP contribution in [0.2, 0.25) is 0 Å². The van der Waals surface area contributed by atoms with Gasteiger partial charge in [0.15, 0.2) is 0 Å². The number of nitrogens with one attached hydrogen (secondary N) is 1. The molecule has 0 saturated heterocycles. The van der Waals surface area contributed by atoms with Crippen molar-refractivity contribution in [2.24, 2.45) is 0 Å². The lowest BCUT2D eigenvalue weighted by Gasteiger charge is -2.20. The second-order valence-corrected chi connectivity index (χ2v) is 6.88. The topological polar surface area (TPSA) is 68.3 Å². The molecule has 2 rings (SSSR count). The number of ether oxygens (including phenoxy) is 1. The smallest absolute Gasteiger partial charge is 0.338 e. The molecule has 5 heteroatoms. The number of pyridine rings is 1. The van der Waals surface area contributed by atoms with Gasteiger partial charge in [-0.2, -0.15) is 0 Å². The maximum atomic E-state index is 12.5. The van der Waals surface area contributed by atoms with E-state index < -0.39 is 11.6 Å². The van der Waals surface area contributed by atoms with Crippen LogP contribution in [-0.4, -0.2) is 29.5 Å². The van der Waals surface area contributed by atoms with Gasteiger partial charge in [-0.25, -0.2) is 9.78 Å². The van der Waals surface area contributed by atoms with E-state index in [-0.39, 0.29) is 17.5 Å². The molecule has 0 bridgehead atoms. The molecule has 5 nitrogen and oxygen atoms in total. The third kappa shape index (κ3) is 4.89. The van der Waals surface area contributed by atoms with Crippen LogP contribution in [0.15, 0.2) is 42.5 Å². The molecule has 0 aliphatic heterocycles. The molecule has 0 saturated carbocycles. The minimum atomic E-state index is -0.612. The number of rotatable bonds is 4. The van der Waals surface area contributed by atoms with E-state index in [1.807, 2.05) is 37.3 Å². The zero-order chi connectivity index (χ0) is 18.6. The van der Waals surface area contributed by atoms with Crippen LogP contribution in [0.1, 0.15) is 65.7 Å². The summed E-state index contributed by atoms with van der Waals surface area (Å²) in [5.74, 6) is -0.875. The molecule has 1 atom stereocenters. The first-order valence-corrected chi connectivity index (χ1v) is 8.23. The average molecular weight is 340 g/mol. The standard InChI is InChI=1S/C20H24N2O3/c1-13(14-9-7-6-8-10-14)16-11-15(19(24)25-20(2,3)4)12-17(22-16)18(23)21-5/h6-13H,1-5H3,(H,21,23). The predicted octanol–water partition coefficient (Wildman–Crippen LogP) is 3.55. The van der Waals surface area contributed by atoms with Gasteiger partial charge in [-0.05, 0) is 38.5 Å². The van der Waals surface area contributed by atoms with Crippen LogP contribution < -0.4 is 5.32 Å². The molecule has 0 aliphatic carbocycles. The van der Waals surface area contributed by atoms with Gasteiger partial charge in [-0.3, -0.25) is 4.79 Å².